The second-order valence-corrected chi connectivity index (χ2v) is 7.40. The Bertz CT molecular complexity index is 1110. The highest BCUT2D eigenvalue weighted by molar-refractivity contribution is 6.39. The fourth-order valence-corrected chi connectivity index (χ4v) is 2.91. The van der Waals surface area contributed by atoms with Crippen molar-refractivity contribution in [3.05, 3.63) is 94.0 Å². The first-order chi connectivity index (χ1) is 14.9. The lowest BCUT2D eigenvalue weighted by Gasteiger charge is -2.08. The summed E-state index contributed by atoms with van der Waals surface area (Å²) in [7, 11) is 0. The van der Waals surface area contributed by atoms with Gasteiger partial charge in [0, 0.05) is 10.7 Å². The smallest absolute Gasteiger partial charge is 0.329 e. The number of carbonyl (C=O) groups excluding carboxylic acids is 2. The van der Waals surface area contributed by atoms with Crippen LogP contribution in [0.15, 0.2) is 71.8 Å². The van der Waals surface area contributed by atoms with Gasteiger partial charge in [0.25, 0.3) is 0 Å². The number of ether oxygens (including phenoxy) is 1. The Balaban J connectivity index is 1.52. The molecular weight excluding hydrogens is 414 g/mol. The molecule has 0 aromatic heterocycles. The maximum absolute atomic E-state index is 12.1. The highest BCUT2D eigenvalue weighted by Gasteiger charge is 2.13. The van der Waals surface area contributed by atoms with Gasteiger partial charge in [0.2, 0.25) is 0 Å². The van der Waals surface area contributed by atoms with E-state index in [1.165, 1.54) is 6.21 Å². The van der Waals surface area contributed by atoms with Crippen LogP contribution in [0.4, 0.5) is 5.69 Å². The van der Waals surface area contributed by atoms with Crippen LogP contribution < -0.4 is 15.5 Å². The maximum atomic E-state index is 12.1. The molecule has 0 saturated carbocycles. The second kappa shape index (κ2) is 10.4. The van der Waals surface area contributed by atoms with Gasteiger partial charge in [0.15, 0.2) is 0 Å². The number of nitrogens with zero attached hydrogens (tertiary/aromatic N) is 1. The molecule has 0 heterocycles. The molecule has 31 heavy (non-hydrogen) atoms. The molecule has 7 heteroatoms. The van der Waals surface area contributed by atoms with Crippen molar-refractivity contribution in [3.63, 3.8) is 0 Å². The summed E-state index contributed by atoms with van der Waals surface area (Å²) in [5.74, 6) is -0.992. The maximum Gasteiger partial charge on any atom is 0.329 e. The third kappa shape index (κ3) is 6.69. The second-order valence-electron chi connectivity index (χ2n) is 6.96. The standard InChI is InChI=1S/C24H22ClN3O3/c1-16-6-11-22(17(2)12-16)27-23(29)24(30)28-26-14-19-4-3-5-21(13-19)31-15-18-7-9-20(25)10-8-18/h3-14H,15H2,1-2H3,(H,27,29)(H,28,30)/b26-14+. The van der Waals surface area contributed by atoms with E-state index in [0.29, 0.717) is 28.6 Å². The van der Waals surface area contributed by atoms with E-state index < -0.39 is 11.8 Å². The van der Waals surface area contributed by atoms with Crippen LogP contribution in [0.25, 0.3) is 0 Å². The van der Waals surface area contributed by atoms with Gasteiger partial charge in [0.1, 0.15) is 12.4 Å². The molecule has 0 unspecified atom stereocenters. The highest BCUT2D eigenvalue weighted by Crippen LogP contribution is 2.17. The Labute approximate surface area is 185 Å². The summed E-state index contributed by atoms with van der Waals surface area (Å²) in [4.78, 5) is 24.1. The van der Waals surface area contributed by atoms with Crippen molar-refractivity contribution in [1.29, 1.82) is 0 Å². The topological polar surface area (TPSA) is 79.8 Å². The zero-order valence-electron chi connectivity index (χ0n) is 17.2. The number of halogens is 1. The molecule has 0 spiro atoms. The van der Waals surface area contributed by atoms with Crippen LogP contribution in [0, 0.1) is 13.8 Å². The van der Waals surface area contributed by atoms with Crippen molar-refractivity contribution in [2.45, 2.75) is 20.5 Å². The number of nitrogens with one attached hydrogen (secondary N) is 2. The molecule has 3 aromatic carbocycles. The van der Waals surface area contributed by atoms with E-state index in [1.54, 1.807) is 18.2 Å². The van der Waals surface area contributed by atoms with Crippen molar-refractivity contribution >= 4 is 35.3 Å². The summed E-state index contributed by atoms with van der Waals surface area (Å²) in [5, 5.41) is 7.10. The SMILES string of the molecule is Cc1ccc(NC(=O)C(=O)N/N=C/c2cccc(OCc3ccc(Cl)cc3)c2)c(C)c1. The summed E-state index contributed by atoms with van der Waals surface area (Å²) in [6, 6.07) is 20.2. The lowest BCUT2D eigenvalue weighted by molar-refractivity contribution is -0.136. The minimum Gasteiger partial charge on any atom is -0.489 e. The molecule has 2 amide bonds. The Hall–Kier alpha value is -3.64. The average molecular weight is 436 g/mol. The molecule has 3 rings (SSSR count). The van der Waals surface area contributed by atoms with Gasteiger partial charge < -0.3 is 10.1 Å². The van der Waals surface area contributed by atoms with Gasteiger partial charge in [-0.2, -0.15) is 5.10 Å². The number of aryl methyl sites for hydroxylation is 2. The third-order valence-corrected chi connectivity index (χ3v) is 4.64. The van der Waals surface area contributed by atoms with Crippen LogP contribution in [0.1, 0.15) is 22.3 Å². The molecule has 0 bridgehead atoms. The molecular formula is C24H22ClN3O3. The van der Waals surface area contributed by atoms with E-state index in [-0.39, 0.29) is 0 Å². The van der Waals surface area contributed by atoms with Crippen LogP contribution in [0.2, 0.25) is 5.02 Å². The fraction of sp³-hybridized carbons (Fsp3) is 0.125. The summed E-state index contributed by atoms with van der Waals surface area (Å²) in [5.41, 5.74) is 6.46. The minimum atomic E-state index is -0.855. The van der Waals surface area contributed by atoms with Gasteiger partial charge in [-0.15, -0.1) is 0 Å². The predicted molar refractivity (Wildman–Crippen MR) is 123 cm³/mol. The van der Waals surface area contributed by atoms with E-state index in [9.17, 15) is 9.59 Å². The molecule has 0 saturated heterocycles. The Kier molecular flexibility index (Phi) is 7.40. The van der Waals surface area contributed by atoms with Crippen LogP contribution in [-0.2, 0) is 16.2 Å². The number of hydrogen-bond donors (Lipinski definition) is 2. The third-order valence-electron chi connectivity index (χ3n) is 4.39. The summed E-state index contributed by atoms with van der Waals surface area (Å²) >= 11 is 5.88. The van der Waals surface area contributed by atoms with Gasteiger partial charge >= 0.3 is 11.8 Å². The van der Waals surface area contributed by atoms with E-state index in [2.05, 4.69) is 15.8 Å². The van der Waals surface area contributed by atoms with E-state index in [0.717, 1.165) is 16.7 Å². The number of rotatable bonds is 6. The van der Waals surface area contributed by atoms with Crippen LogP contribution in [-0.4, -0.2) is 18.0 Å². The lowest BCUT2D eigenvalue weighted by atomic mass is 10.1. The molecule has 0 atom stereocenters. The Morgan fingerprint density at radius 1 is 1.00 bits per heavy atom. The number of benzene rings is 3. The molecule has 158 valence electrons. The molecule has 0 aliphatic carbocycles. The minimum absolute atomic E-state index is 0.396. The number of carbonyl (C=O) groups is 2. The molecule has 0 radical (unpaired) electrons. The summed E-state index contributed by atoms with van der Waals surface area (Å²) < 4.78 is 5.77. The number of anilines is 1. The number of hydrogen-bond acceptors (Lipinski definition) is 4. The number of hydrazone groups is 1. The van der Waals surface area contributed by atoms with Crippen molar-refractivity contribution in [2.24, 2.45) is 5.10 Å². The molecule has 6 nitrogen and oxygen atoms in total. The van der Waals surface area contributed by atoms with E-state index >= 15 is 0 Å². The highest BCUT2D eigenvalue weighted by atomic mass is 35.5. The fourth-order valence-electron chi connectivity index (χ4n) is 2.78. The van der Waals surface area contributed by atoms with Gasteiger partial charge in [0.05, 0.1) is 6.21 Å². The zero-order chi connectivity index (χ0) is 22.2. The molecule has 3 aromatic rings. The normalized spacial score (nSPS) is 10.7. The van der Waals surface area contributed by atoms with E-state index in [1.807, 2.05) is 62.4 Å². The van der Waals surface area contributed by atoms with Gasteiger partial charge in [-0.3, -0.25) is 9.59 Å². The molecule has 0 fully saturated rings. The monoisotopic (exact) mass is 435 g/mol. The van der Waals surface area contributed by atoms with Crippen molar-refractivity contribution in [3.8, 4) is 5.75 Å². The zero-order valence-corrected chi connectivity index (χ0v) is 17.9. The summed E-state index contributed by atoms with van der Waals surface area (Å²) in [6.07, 6.45) is 1.44. The summed E-state index contributed by atoms with van der Waals surface area (Å²) in [6.45, 7) is 4.21. The first-order valence-corrected chi connectivity index (χ1v) is 9.97. The predicted octanol–water partition coefficient (Wildman–Crippen LogP) is 4.62. The average Bonchev–Trinajstić information content (AvgIpc) is 2.75. The quantitative estimate of drug-likeness (QED) is 0.336. The Morgan fingerprint density at radius 2 is 1.77 bits per heavy atom. The van der Waals surface area contributed by atoms with Crippen LogP contribution in [0.5, 0.6) is 5.75 Å². The van der Waals surface area contributed by atoms with Crippen LogP contribution >= 0.6 is 11.6 Å². The van der Waals surface area contributed by atoms with Gasteiger partial charge in [-0.1, -0.05) is 53.6 Å². The Morgan fingerprint density at radius 3 is 2.52 bits per heavy atom. The first-order valence-electron chi connectivity index (χ1n) is 9.59. The molecule has 0 aliphatic heterocycles. The van der Waals surface area contributed by atoms with Crippen molar-refractivity contribution in [2.75, 3.05) is 5.32 Å². The molecule has 0 aliphatic rings. The largest absolute Gasteiger partial charge is 0.489 e. The van der Waals surface area contributed by atoms with Gasteiger partial charge in [-0.05, 0) is 60.9 Å². The molecule has 2 N–H and O–H groups in total. The van der Waals surface area contributed by atoms with Crippen LogP contribution in [0.3, 0.4) is 0 Å². The van der Waals surface area contributed by atoms with Crippen molar-refractivity contribution in [1.82, 2.24) is 5.43 Å². The lowest BCUT2D eigenvalue weighted by Crippen LogP contribution is -2.32. The van der Waals surface area contributed by atoms with Crippen molar-refractivity contribution < 1.29 is 14.3 Å². The van der Waals surface area contributed by atoms with Gasteiger partial charge in [-0.25, -0.2) is 5.43 Å². The first kappa shape index (κ1) is 22.1. The number of amides is 2. The van der Waals surface area contributed by atoms with E-state index in [4.69, 9.17) is 16.3 Å².